The number of aldehydes is 1. The van der Waals surface area contributed by atoms with Crippen LogP contribution in [0.4, 0.5) is 4.39 Å². The molecule has 2 aromatic carbocycles. The number of aliphatic hydroxyl groups is 1. The highest BCUT2D eigenvalue weighted by atomic mass is 19.1. The number of carbonyl (C=O) groups is 1. The fraction of sp³-hybridized carbons (Fsp3) is 0.423. The number of benzene rings is 2. The van der Waals surface area contributed by atoms with Crippen LogP contribution in [-0.4, -0.2) is 42.5 Å². The summed E-state index contributed by atoms with van der Waals surface area (Å²) < 4.78 is 14.0. The fourth-order valence-corrected chi connectivity index (χ4v) is 5.79. The van der Waals surface area contributed by atoms with Gasteiger partial charge in [-0.25, -0.2) is 4.39 Å². The van der Waals surface area contributed by atoms with Crippen LogP contribution >= 0.6 is 0 Å². The van der Waals surface area contributed by atoms with Crippen LogP contribution in [0, 0.1) is 5.82 Å². The largest absolute Gasteiger partial charge is 0.400 e. The van der Waals surface area contributed by atoms with Gasteiger partial charge in [-0.1, -0.05) is 36.4 Å². The number of hydrogen-bond acceptors (Lipinski definition) is 3. The molecule has 5 rings (SSSR count). The van der Waals surface area contributed by atoms with E-state index in [1.54, 1.807) is 12.1 Å². The van der Waals surface area contributed by atoms with Gasteiger partial charge >= 0.3 is 0 Å². The van der Waals surface area contributed by atoms with Crippen molar-refractivity contribution in [2.45, 2.75) is 50.0 Å². The number of halogens is 1. The Balaban J connectivity index is 0.00000106. The molecular formula is C26H30FNO2. The first kappa shape index (κ1) is 21.0. The van der Waals surface area contributed by atoms with Crippen molar-refractivity contribution in [3.63, 3.8) is 0 Å². The van der Waals surface area contributed by atoms with Crippen LogP contribution in [0.2, 0.25) is 0 Å². The minimum Gasteiger partial charge on any atom is -0.400 e. The van der Waals surface area contributed by atoms with Crippen LogP contribution in [0.5, 0.6) is 0 Å². The zero-order valence-corrected chi connectivity index (χ0v) is 17.6. The van der Waals surface area contributed by atoms with Gasteiger partial charge in [0.25, 0.3) is 0 Å². The highest BCUT2D eigenvalue weighted by molar-refractivity contribution is 5.74. The summed E-state index contributed by atoms with van der Waals surface area (Å²) in [6.07, 6.45) is 9.21. The minimum atomic E-state index is -0.133. The molecule has 1 spiro atoms. The summed E-state index contributed by atoms with van der Waals surface area (Å²) in [6.45, 7) is 1.81. The highest BCUT2D eigenvalue weighted by Crippen LogP contribution is 2.49. The van der Waals surface area contributed by atoms with Gasteiger partial charge < -0.3 is 5.11 Å². The smallest absolute Gasteiger partial charge is 0.147 e. The van der Waals surface area contributed by atoms with E-state index >= 15 is 0 Å². The molecule has 1 fully saturated rings. The van der Waals surface area contributed by atoms with E-state index < -0.39 is 0 Å². The monoisotopic (exact) mass is 407 g/mol. The Morgan fingerprint density at radius 1 is 1.13 bits per heavy atom. The molecule has 1 saturated carbocycles. The van der Waals surface area contributed by atoms with Gasteiger partial charge in [0.2, 0.25) is 0 Å². The Morgan fingerprint density at radius 2 is 1.97 bits per heavy atom. The lowest BCUT2D eigenvalue weighted by Gasteiger charge is -2.35. The zero-order chi connectivity index (χ0) is 21.1. The van der Waals surface area contributed by atoms with Crippen LogP contribution in [0.3, 0.4) is 0 Å². The molecule has 2 aromatic rings. The van der Waals surface area contributed by atoms with Gasteiger partial charge in [0.05, 0.1) is 0 Å². The molecule has 2 aliphatic carbocycles. The lowest BCUT2D eigenvalue weighted by molar-refractivity contribution is -0.105. The second kappa shape index (κ2) is 8.83. The molecule has 30 heavy (non-hydrogen) atoms. The van der Waals surface area contributed by atoms with Crippen LogP contribution in [-0.2, 0) is 23.1 Å². The molecule has 1 heterocycles. The molecule has 0 aromatic heterocycles. The number of aliphatic hydroxyl groups excluding tert-OH is 1. The molecule has 1 aliphatic heterocycles. The van der Waals surface area contributed by atoms with Crippen LogP contribution in [0.15, 0.2) is 54.1 Å². The Kier molecular flexibility index (Phi) is 6.16. The molecular weight excluding hydrogens is 377 g/mol. The van der Waals surface area contributed by atoms with Crippen molar-refractivity contribution >= 4 is 6.29 Å². The van der Waals surface area contributed by atoms with Crippen molar-refractivity contribution in [3.05, 3.63) is 82.2 Å². The summed E-state index contributed by atoms with van der Waals surface area (Å²) in [6, 6.07) is 14.6. The van der Waals surface area contributed by atoms with Crippen molar-refractivity contribution in [2.24, 2.45) is 0 Å². The quantitative estimate of drug-likeness (QED) is 0.759. The van der Waals surface area contributed by atoms with Crippen molar-refractivity contribution in [3.8, 4) is 0 Å². The van der Waals surface area contributed by atoms with Gasteiger partial charge in [0.15, 0.2) is 0 Å². The minimum absolute atomic E-state index is 0.0722. The standard InChI is InChI=1S/C25H26FNO.CH4O/c26-22-8-7-19-12-20-5-1-2-6-24(20)25(14-21(19)13-22)10-9-23(15-25)27-11-3-4-18(16-27)17-28;1-2/h1-2,4-8,13,17,23H,3,9-12,14-16H2;2H,1H3. The summed E-state index contributed by atoms with van der Waals surface area (Å²) in [5, 5.41) is 7.00. The highest BCUT2D eigenvalue weighted by Gasteiger charge is 2.45. The Labute approximate surface area is 178 Å². The molecule has 2 atom stereocenters. The normalized spacial score (nSPS) is 25.4. The van der Waals surface area contributed by atoms with Gasteiger partial charge in [-0.05, 0) is 72.9 Å². The SMILES string of the molecule is CO.O=CC1=CCCN(C2CCC3(Cc4cc(F)ccc4Cc4ccccc43)C2)C1. The lowest BCUT2D eigenvalue weighted by Crippen LogP contribution is -2.39. The van der Waals surface area contributed by atoms with Gasteiger partial charge in [-0.15, -0.1) is 0 Å². The van der Waals surface area contributed by atoms with Gasteiger partial charge in [0, 0.05) is 37.2 Å². The molecule has 3 aliphatic rings. The maximum Gasteiger partial charge on any atom is 0.147 e. The Bertz CT molecular complexity index is 954. The molecule has 0 bridgehead atoms. The average molecular weight is 408 g/mol. The molecule has 3 nitrogen and oxygen atoms in total. The number of nitrogens with zero attached hydrogens (tertiary/aromatic N) is 1. The fourth-order valence-electron chi connectivity index (χ4n) is 5.79. The van der Waals surface area contributed by atoms with E-state index in [9.17, 15) is 9.18 Å². The summed E-state index contributed by atoms with van der Waals surface area (Å²) in [5.74, 6) is -0.133. The first-order valence-corrected chi connectivity index (χ1v) is 10.9. The topological polar surface area (TPSA) is 40.5 Å². The maximum absolute atomic E-state index is 14.0. The summed E-state index contributed by atoms with van der Waals surface area (Å²) in [5.41, 5.74) is 6.27. The third-order valence-electron chi connectivity index (χ3n) is 7.13. The van der Waals surface area contributed by atoms with Crippen LogP contribution in [0.1, 0.15) is 47.9 Å². The predicted octanol–water partition coefficient (Wildman–Crippen LogP) is 4.20. The Morgan fingerprint density at radius 3 is 2.80 bits per heavy atom. The lowest BCUT2D eigenvalue weighted by atomic mass is 9.73. The predicted molar refractivity (Wildman–Crippen MR) is 117 cm³/mol. The first-order chi connectivity index (χ1) is 14.7. The summed E-state index contributed by atoms with van der Waals surface area (Å²) in [7, 11) is 1.00. The van der Waals surface area contributed by atoms with E-state index in [4.69, 9.17) is 5.11 Å². The van der Waals surface area contributed by atoms with Crippen molar-refractivity contribution in [1.82, 2.24) is 4.90 Å². The van der Waals surface area contributed by atoms with Gasteiger partial charge in [0.1, 0.15) is 12.1 Å². The van der Waals surface area contributed by atoms with Crippen LogP contribution in [0.25, 0.3) is 0 Å². The van der Waals surface area contributed by atoms with E-state index in [0.717, 1.165) is 70.6 Å². The number of hydrogen-bond donors (Lipinski definition) is 1. The first-order valence-electron chi connectivity index (χ1n) is 10.9. The van der Waals surface area contributed by atoms with E-state index in [1.807, 2.05) is 6.07 Å². The number of rotatable bonds is 2. The molecule has 0 radical (unpaired) electrons. The Hall–Kier alpha value is -2.30. The molecule has 1 N–H and O–H groups in total. The van der Waals surface area contributed by atoms with E-state index in [2.05, 4.69) is 35.2 Å². The van der Waals surface area contributed by atoms with Crippen molar-refractivity contribution in [2.75, 3.05) is 20.2 Å². The van der Waals surface area contributed by atoms with Crippen molar-refractivity contribution in [1.29, 1.82) is 0 Å². The van der Waals surface area contributed by atoms with E-state index in [-0.39, 0.29) is 11.2 Å². The molecule has 4 heteroatoms. The zero-order valence-electron chi connectivity index (χ0n) is 17.6. The van der Waals surface area contributed by atoms with Gasteiger partial charge in [-0.3, -0.25) is 9.69 Å². The molecule has 0 saturated heterocycles. The molecule has 158 valence electrons. The van der Waals surface area contributed by atoms with Crippen molar-refractivity contribution < 1.29 is 14.3 Å². The maximum atomic E-state index is 14.0. The summed E-state index contributed by atoms with van der Waals surface area (Å²) >= 11 is 0. The average Bonchev–Trinajstić information content (AvgIpc) is 3.16. The summed E-state index contributed by atoms with van der Waals surface area (Å²) in [4.78, 5) is 13.8. The van der Waals surface area contributed by atoms with E-state index in [0.29, 0.717) is 6.04 Å². The van der Waals surface area contributed by atoms with E-state index in [1.165, 1.54) is 22.3 Å². The number of carbonyl (C=O) groups excluding carboxylic acids is 1. The second-order valence-electron chi connectivity index (χ2n) is 8.76. The van der Waals surface area contributed by atoms with Gasteiger partial charge in [-0.2, -0.15) is 0 Å². The van der Waals surface area contributed by atoms with Crippen LogP contribution < -0.4 is 0 Å². The third kappa shape index (κ3) is 3.86. The third-order valence-corrected chi connectivity index (χ3v) is 7.13. The molecule has 0 amide bonds. The second-order valence-corrected chi connectivity index (χ2v) is 8.76. The molecule has 2 unspecified atom stereocenters. The number of fused-ring (bicyclic) bond motifs is 3.